The summed E-state index contributed by atoms with van der Waals surface area (Å²) in [4.78, 5) is 28.7. The first-order valence-electron chi connectivity index (χ1n) is 7.97. The summed E-state index contributed by atoms with van der Waals surface area (Å²) in [6, 6.07) is 4.10. The number of phenols is 1. The number of phenolic OH excluding ortho intramolecular Hbond substituents is 1. The average Bonchev–Trinajstić information content (AvgIpc) is 2.82. The van der Waals surface area contributed by atoms with Gasteiger partial charge in [-0.25, -0.2) is 4.79 Å². The average molecular weight is 334 g/mol. The quantitative estimate of drug-likeness (QED) is 0.797. The topological polar surface area (TPSA) is 79.3 Å². The number of hydrogen-bond acceptors (Lipinski definition) is 6. The molecular weight excluding hydrogens is 312 g/mol. The molecule has 0 saturated carbocycles. The Morgan fingerprint density at radius 2 is 1.92 bits per heavy atom. The summed E-state index contributed by atoms with van der Waals surface area (Å²) in [5.74, 6) is -0.666. The van der Waals surface area contributed by atoms with E-state index < -0.39 is 5.97 Å². The standard InChI is InChI=1S/C17H22N2O5/c1-18-6-11-7-19(14(8-18)10-24-9-11)16(21)12-3-13(17(22)23-2)5-15(20)4-12/h3-5,11,14,20H,6-10H2,1-2H3/t11-,14-/m0/s1. The number of fused-ring (bicyclic) bond motifs is 3. The highest BCUT2D eigenvalue weighted by Gasteiger charge is 2.35. The first-order chi connectivity index (χ1) is 11.5. The van der Waals surface area contributed by atoms with Gasteiger partial charge in [0.05, 0.1) is 31.9 Å². The van der Waals surface area contributed by atoms with Crippen LogP contribution in [0.2, 0.25) is 0 Å². The summed E-state index contributed by atoms with van der Waals surface area (Å²) in [5.41, 5.74) is 0.442. The summed E-state index contributed by atoms with van der Waals surface area (Å²) in [5, 5.41) is 9.86. The van der Waals surface area contributed by atoms with E-state index in [1.807, 2.05) is 7.05 Å². The Kier molecular flexibility index (Phi) is 4.73. The molecule has 2 heterocycles. The molecule has 0 aliphatic carbocycles. The van der Waals surface area contributed by atoms with Crippen LogP contribution in [0, 0.1) is 5.92 Å². The van der Waals surface area contributed by atoms with Gasteiger partial charge in [-0.2, -0.15) is 0 Å². The van der Waals surface area contributed by atoms with Gasteiger partial charge in [-0.3, -0.25) is 4.79 Å². The number of likely N-dealkylation sites (N-methyl/N-ethyl adjacent to an activating group) is 1. The molecule has 1 aromatic carbocycles. The number of nitrogens with zero attached hydrogens (tertiary/aromatic N) is 2. The smallest absolute Gasteiger partial charge is 0.338 e. The Balaban J connectivity index is 1.90. The predicted octanol–water partition coefficient (Wildman–Crippen LogP) is 0.581. The highest BCUT2D eigenvalue weighted by molar-refractivity contribution is 5.98. The fourth-order valence-electron chi connectivity index (χ4n) is 3.46. The van der Waals surface area contributed by atoms with Gasteiger partial charge >= 0.3 is 5.97 Å². The minimum Gasteiger partial charge on any atom is -0.508 e. The second-order valence-electron chi connectivity index (χ2n) is 6.50. The summed E-state index contributed by atoms with van der Waals surface area (Å²) in [6.45, 7) is 3.36. The molecule has 7 nitrogen and oxygen atoms in total. The molecular formula is C17H22N2O5. The maximum absolute atomic E-state index is 13.0. The largest absolute Gasteiger partial charge is 0.508 e. The van der Waals surface area contributed by atoms with Crippen LogP contribution in [0.15, 0.2) is 18.2 Å². The van der Waals surface area contributed by atoms with Gasteiger partial charge in [0.15, 0.2) is 0 Å². The first-order valence-corrected chi connectivity index (χ1v) is 7.97. The molecule has 1 N–H and O–H groups in total. The van der Waals surface area contributed by atoms with Crippen molar-refractivity contribution in [2.75, 3.05) is 47.0 Å². The van der Waals surface area contributed by atoms with Crippen LogP contribution in [-0.2, 0) is 9.47 Å². The molecule has 0 aromatic heterocycles. The molecule has 2 aliphatic rings. The zero-order valence-corrected chi connectivity index (χ0v) is 13.9. The lowest BCUT2D eigenvalue weighted by atomic mass is 10.1. The molecule has 2 atom stereocenters. The van der Waals surface area contributed by atoms with Crippen molar-refractivity contribution in [1.82, 2.24) is 9.80 Å². The third-order valence-corrected chi connectivity index (χ3v) is 4.50. The lowest BCUT2D eigenvalue weighted by Gasteiger charge is -2.29. The van der Waals surface area contributed by atoms with Crippen LogP contribution in [0.1, 0.15) is 20.7 Å². The van der Waals surface area contributed by atoms with Crippen molar-refractivity contribution in [2.24, 2.45) is 5.92 Å². The molecule has 0 unspecified atom stereocenters. The Hall–Kier alpha value is -2.12. The number of rotatable bonds is 2. The minimum atomic E-state index is -0.586. The molecule has 0 spiro atoms. The SMILES string of the molecule is COC(=O)c1cc(O)cc(C(=O)N2C[C@H]3COC[C@@H]2CN(C)C3)c1. The zero-order valence-electron chi connectivity index (χ0n) is 13.9. The summed E-state index contributed by atoms with van der Waals surface area (Å²) >= 11 is 0. The van der Waals surface area contributed by atoms with Gasteiger partial charge in [0, 0.05) is 31.1 Å². The number of amides is 1. The fourth-order valence-corrected chi connectivity index (χ4v) is 3.46. The van der Waals surface area contributed by atoms with Gasteiger partial charge in [0.2, 0.25) is 0 Å². The first kappa shape index (κ1) is 16.7. The maximum Gasteiger partial charge on any atom is 0.338 e. The number of hydrogen-bond donors (Lipinski definition) is 1. The van der Waals surface area contributed by atoms with Crippen LogP contribution in [0.4, 0.5) is 0 Å². The molecule has 7 heteroatoms. The molecule has 3 rings (SSSR count). The van der Waals surface area contributed by atoms with Crippen molar-refractivity contribution in [3.8, 4) is 5.75 Å². The van der Waals surface area contributed by atoms with E-state index in [9.17, 15) is 14.7 Å². The van der Waals surface area contributed by atoms with Crippen molar-refractivity contribution in [2.45, 2.75) is 6.04 Å². The van der Waals surface area contributed by atoms with Crippen molar-refractivity contribution < 1.29 is 24.2 Å². The van der Waals surface area contributed by atoms with E-state index in [2.05, 4.69) is 9.64 Å². The highest BCUT2D eigenvalue weighted by Crippen LogP contribution is 2.23. The summed E-state index contributed by atoms with van der Waals surface area (Å²) in [6.07, 6.45) is 0. The normalized spacial score (nSPS) is 24.3. The second-order valence-corrected chi connectivity index (χ2v) is 6.50. The van der Waals surface area contributed by atoms with E-state index in [1.165, 1.54) is 25.3 Å². The molecule has 2 bridgehead atoms. The third kappa shape index (κ3) is 3.37. The number of methoxy groups -OCH3 is 1. The lowest BCUT2D eigenvalue weighted by molar-refractivity contribution is 0.0483. The second kappa shape index (κ2) is 6.78. The molecule has 1 aromatic rings. The maximum atomic E-state index is 13.0. The van der Waals surface area contributed by atoms with Gasteiger partial charge in [-0.05, 0) is 25.2 Å². The molecule has 24 heavy (non-hydrogen) atoms. The summed E-state index contributed by atoms with van der Waals surface area (Å²) in [7, 11) is 3.31. The number of carbonyl (C=O) groups is 2. The Morgan fingerprint density at radius 1 is 1.17 bits per heavy atom. The van der Waals surface area contributed by atoms with E-state index >= 15 is 0 Å². The van der Waals surface area contributed by atoms with Crippen LogP contribution in [-0.4, -0.2) is 79.8 Å². The third-order valence-electron chi connectivity index (χ3n) is 4.50. The van der Waals surface area contributed by atoms with Crippen LogP contribution < -0.4 is 0 Å². The highest BCUT2D eigenvalue weighted by atomic mass is 16.5. The molecule has 130 valence electrons. The van der Waals surface area contributed by atoms with Gasteiger partial charge < -0.3 is 24.4 Å². The van der Waals surface area contributed by atoms with Crippen LogP contribution in [0.25, 0.3) is 0 Å². The van der Waals surface area contributed by atoms with Gasteiger partial charge in [0.1, 0.15) is 5.75 Å². The van der Waals surface area contributed by atoms with Crippen LogP contribution in [0.5, 0.6) is 5.75 Å². The fraction of sp³-hybridized carbons (Fsp3) is 0.529. The van der Waals surface area contributed by atoms with Crippen LogP contribution >= 0.6 is 0 Å². The van der Waals surface area contributed by atoms with Gasteiger partial charge in [-0.1, -0.05) is 0 Å². The van der Waals surface area contributed by atoms with Crippen molar-refractivity contribution in [3.63, 3.8) is 0 Å². The van der Waals surface area contributed by atoms with E-state index in [0.29, 0.717) is 19.8 Å². The minimum absolute atomic E-state index is 0.0427. The number of esters is 1. The molecule has 0 radical (unpaired) electrons. The molecule has 2 fully saturated rings. The molecule has 2 aliphatic heterocycles. The van der Waals surface area contributed by atoms with Crippen LogP contribution in [0.3, 0.4) is 0 Å². The van der Waals surface area contributed by atoms with E-state index in [1.54, 1.807) is 4.90 Å². The number of benzene rings is 1. The molecule has 2 saturated heterocycles. The Labute approximate surface area is 140 Å². The number of carbonyl (C=O) groups excluding carboxylic acids is 2. The summed E-state index contributed by atoms with van der Waals surface area (Å²) < 4.78 is 10.4. The Bertz CT molecular complexity index is 648. The zero-order chi connectivity index (χ0) is 17.3. The number of aromatic hydroxyl groups is 1. The van der Waals surface area contributed by atoms with Crippen molar-refractivity contribution >= 4 is 11.9 Å². The lowest BCUT2D eigenvalue weighted by Crippen LogP contribution is -2.46. The van der Waals surface area contributed by atoms with Gasteiger partial charge in [0.25, 0.3) is 5.91 Å². The number of ether oxygens (including phenoxy) is 2. The van der Waals surface area contributed by atoms with E-state index in [4.69, 9.17) is 4.74 Å². The Morgan fingerprint density at radius 3 is 2.67 bits per heavy atom. The van der Waals surface area contributed by atoms with Gasteiger partial charge in [-0.15, -0.1) is 0 Å². The van der Waals surface area contributed by atoms with Crippen molar-refractivity contribution in [3.05, 3.63) is 29.3 Å². The molecule has 1 amide bonds. The predicted molar refractivity (Wildman–Crippen MR) is 86.1 cm³/mol. The monoisotopic (exact) mass is 334 g/mol. The van der Waals surface area contributed by atoms with E-state index in [0.717, 1.165) is 13.1 Å². The van der Waals surface area contributed by atoms with E-state index in [-0.39, 0.29) is 34.7 Å². The van der Waals surface area contributed by atoms with Crippen molar-refractivity contribution in [1.29, 1.82) is 0 Å².